The normalized spacial score (nSPS) is 23.0. The van der Waals surface area contributed by atoms with Crippen molar-refractivity contribution in [1.29, 1.82) is 0 Å². The Kier molecular flexibility index (Phi) is 3.15. The Morgan fingerprint density at radius 2 is 1.79 bits per heavy atom. The molecule has 24 heavy (non-hydrogen) atoms. The van der Waals surface area contributed by atoms with Crippen LogP contribution in [0.15, 0.2) is 60.9 Å². The van der Waals surface area contributed by atoms with E-state index in [9.17, 15) is 0 Å². The molecule has 0 radical (unpaired) electrons. The van der Waals surface area contributed by atoms with Crippen LogP contribution in [0.1, 0.15) is 6.42 Å². The van der Waals surface area contributed by atoms with Gasteiger partial charge in [-0.25, -0.2) is 9.97 Å². The van der Waals surface area contributed by atoms with Gasteiger partial charge in [-0.05, 0) is 30.0 Å². The van der Waals surface area contributed by atoms with Crippen molar-refractivity contribution in [1.82, 2.24) is 9.97 Å². The first-order chi connectivity index (χ1) is 11.9. The molecule has 0 bridgehead atoms. The van der Waals surface area contributed by atoms with Crippen molar-refractivity contribution in [2.45, 2.75) is 12.5 Å². The van der Waals surface area contributed by atoms with E-state index in [0.29, 0.717) is 12.0 Å². The molecular weight excluding hydrogens is 296 g/mol. The van der Waals surface area contributed by atoms with Gasteiger partial charge in [0.1, 0.15) is 11.6 Å². The molecule has 0 N–H and O–H groups in total. The molecule has 5 rings (SSSR count). The molecule has 0 saturated carbocycles. The lowest BCUT2D eigenvalue weighted by atomic mass is 10.0. The zero-order chi connectivity index (χ0) is 15.9. The quantitative estimate of drug-likeness (QED) is 0.726. The first-order valence-electron chi connectivity index (χ1n) is 8.66. The SMILES string of the molecule is c1ccc(N2CC3CCN(c4nccc5ccccc45)C3C2)nc1. The van der Waals surface area contributed by atoms with Crippen molar-refractivity contribution in [3.63, 3.8) is 0 Å². The van der Waals surface area contributed by atoms with Gasteiger partial charge in [0.2, 0.25) is 0 Å². The number of anilines is 2. The summed E-state index contributed by atoms with van der Waals surface area (Å²) in [5.41, 5.74) is 0. The highest BCUT2D eigenvalue weighted by atomic mass is 15.3. The van der Waals surface area contributed by atoms with Crippen LogP contribution in [0.25, 0.3) is 10.8 Å². The Bertz CT molecular complexity index is 858. The molecule has 2 aromatic heterocycles. The van der Waals surface area contributed by atoms with E-state index in [4.69, 9.17) is 4.98 Å². The molecule has 1 aromatic carbocycles. The number of fused-ring (bicyclic) bond motifs is 2. The molecular formula is C20H20N4. The van der Waals surface area contributed by atoms with Gasteiger partial charge in [0, 0.05) is 43.3 Å². The second-order valence-electron chi connectivity index (χ2n) is 6.76. The van der Waals surface area contributed by atoms with Gasteiger partial charge in [-0.1, -0.05) is 30.3 Å². The van der Waals surface area contributed by atoms with Gasteiger partial charge < -0.3 is 9.80 Å². The topological polar surface area (TPSA) is 32.3 Å². The third kappa shape index (κ3) is 2.13. The zero-order valence-corrected chi connectivity index (χ0v) is 13.5. The number of aromatic nitrogens is 2. The van der Waals surface area contributed by atoms with Crippen LogP contribution in [-0.4, -0.2) is 35.6 Å². The summed E-state index contributed by atoms with van der Waals surface area (Å²) in [6, 6.07) is 17.4. The molecule has 4 nitrogen and oxygen atoms in total. The molecule has 2 saturated heterocycles. The van der Waals surface area contributed by atoms with Crippen LogP contribution < -0.4 is 9.80 Å². The van der Waals surface area contributed by atoms with Crippen LogP contribution in [0.2, 0.25) is 0 Å². The Balaban J connectivity index is 1.48. The van der Waals surface area contributed by atoms with Crippen LogP contribution in [0.4, 0.5) is 11.6 Å². The summed E-state index contributed by atoms with van der Waals surface area (Å²) in [6.07, 6.45) is 5.06. The number of hydrogen-bond donors (Lipinski definition) is 0. The number of pyridine rings is 2. The van der Waals surface area contributed by atoms with Gasteiger partial charge in [0.25, 0.3) is 0 Å². The molecule has 2 fully saturated rings. The Labute approximate surface area is 141 Å². The van der Waals surface area contributed by atoms with Crippen molar-refractivity contribution in [2.75, 3.05) is 29.4 Å². The van der Waals surface area contributed by atoms with Crippen LogP contribution in [0.5, 0.6) is 0 Å². The first kappa shape index (κ1) is 13.8. The van der Waals surface area contributed by atoms with E-state index < -0.39 is 0 Å². The third-order valence-corrected chi connectivity index (χ3v) is 5.45. The Hall–Kier alpha value is -2.62. The lowest BCUT2D eigenvalue weighted by Crippen LogP contribution is -2.36. The molecule has 2 aliphatic rings. The van der Waals surface area contributed by atoms with Crippen molar-refractivity contribution >= 4 is 22.4 Å². The fraction of sp³-hybridized carbons (Fsp3) is 0.300. The average Bonchev–Trinajstić information content (AvgIpc) is 3.23. The van der Waals surface area contributed by atoms with Crippen LogP contribution >= 0.6 is 0 Å². The van der Waals surface area contributed by atoms with Gasteiger partial charge in [0.05, 0.1) is 6.04 Å². The van der Waals surface area contributed by atoms with E-state index in [1.165, 1.54) is 17.2 Å². The minimum atomic E-state index is 0.533. The Morgan fingerprint density at radius 3 is 2.71 bits per heavy atom. The molecule has 4 heterocycles. The number of hydrogen-bond acceptors (Lipinski definition) is 4. The largest absolute Gasteiger partial charge is 0.354 e. The summed E-state index contributed by atoms with van der Waals surface area (Å²) >= 11 is 0. The van der Waals surface area contributed by atoms with E-state index >= 15 is 0 Å². The van der Waals surface area contributed by atoms with Crippen molar-refractivity contribution in [3.05, 3.63) is 60.9 Å². The van der Waals surface area contributed by atoms with E-state index in [0.717, 1.165) is 31.3 Å². The smallest absolute Gasteiger partial charge is 0.136 e. The summed E-state index contributed by atoms with van der Waals surface area (Å²) < 4.78 is 0. The maximum Gasteiger partial charge on any atom is 0.136 e. The van der Waals surface area contributed by atoms with Crippen molar-refractivity contribution < 1.29 is 0 Å². The second-order valence-corrected chi connectivity index (χ2v) is 6.76. The van der Waals surface area contributed by atoms with Gasteiger partial charge >= 0.3 is 0 Å². The minimum absolute atomic E-state index is 0.533. The molecule has 2 aliphatic heterocycles. The van der Waals surface area contributed by atoms with Crippen molar-refractivity contribution in [3.8, 4) is 0 Å². The minimum Gasteiger partial charge on any atom is -0.354 e. The first-order valence-corrected chi connectivity index (χ1v) is 8.66. The van der Waals surface area contributed by atoms with Crippen molar-refractivity contribution in [2.24, 2.45) is 5.92 Å². The monoisotopic (exact) mass is 316 g/mol. The van der Waals surface area contributed by atoms with Gasteiger partial charge in [-0.15, -0.1) is 0 Å². The molecule has 0 amide bonds. The average molecular weight is 316 g/mol. The number of benzene rings is 1. The lowest BCUT2D eigenvalue weighted by molar-refractivity contribution is 0.580. The maximum atomic E-state index is 4.74. The molecule has 0 aliphatic carbocycles. The fourth-order valence-electron chi connectivity index (χ4n) is 4.29. The predicted molar refractivity (Wildman–Crippen MR) is 97.4 cm³/mol. The van der Waals surface area contributed by atoms with E-state index in [1.807, 2.05) is 18.5 Å². The highest BCUT2D eigenvalue weighted by Gasteiger charge is 2.42. The molecule has 0 spiro atoms. The summed E-state index contributed by atoms with van der Waals surface area (Å²) in [5.74, 6) is 2.94. The maximum absolute atomic E-state index is 4.74. The number of nitrogens with zero attached hydrogens (tertiary/aromatic N) is 4. The van der Waals surface area contributed by atoms with Crippen LogP contribution in [0, 0.1) is 5.92 Å². The van der Waals surface area contributed by atoms with Gasteiger partial charge in [0.15, 0.2) is 0 Å². The predicted octanol–water partition coefficient (Wildman–Crippen LogP) is 3.34. The molecule has 4 heteroatoms. The fourth-order valence-corrected chi connectivity index (χ4v) is 4.29. The zero-order valence-electron chi connectivity index (χ0n) is 13.5. The van der Waals surface area contributed by atoms with E-state index in [-0.39, 0.29) is 0 Å². The molecule has 2 atom stereocenters. The van der Waals surface area contributed by atoms with Gasteiger partial charge in [-0.3, -0.25) is 0 Å². The van der Waals surface area contributed by atoms with Gasteiger partial charge in [-0.2, -0.15) is 0 Å². The van der Waals surface area contributed by atoms with Crippen LogP contribution in [0.3, 0.4) is 0 Å². The van der Waals surface area contributed by atoms with E-state index in [2.05, 4.69) is 57.2 Å². The highest BCUT2D eigenvalue weighted by molar-refractivity contribution is 5.92. The molecule has 120 valence electrons. The summed E-state index contributed by atoms with van der Waals surface area (Å²) in [4.78, 5) is 14.2. The molecule has 2 unspecified atom stereocenters. The highest BCUT2D eigenvalue weighted by Crippen LogP contribution is 2.37. The second kappa shape index (κ2) is 5.48. The molecule has 3 aromatic rings. The Morgan fingerprint density at radius 1 is 0.875 bits per heavy atom. The van der Waals surface area contributed by atoms with E-state index in [1.54, 1.807) is 0 Å². The lowest BCUT2D eigenvalue weighted by Gasteiger charge is -2.27. The standard InChI is InChI=1S/C20H20N4/c1-2-6-17-15(5-1)8-11-22-20(17)24-12-9-16-13-23(14-18(16)24)19-7-3-4-10-21-19/h1-8,10-11,16,18H,9,12-14H2. The van der Waals surface area contributed by atoms with Crippen LogP contribution in [-0.2, 0) is 0 Å². The summed E-state index contributed by atoms with van der Waals surface area (Å²) in [7, 11) is 0. The summed E-state index contributed by atoms with van der Waals surface area (Å²) in [6.45, 7) is 3.24. The summed E-state index contributed by atoms with van der Waals surface area (Å²) in [5, 5.41) is 2.53. The number of rotatable bonds is 2. The third-order valence-electron chi connectivity index (χ3n) is 5.45.